The van der Waals surface area contributed by atoms with Crippen molar-refractivity contribution in [3.63, 3.8) is 0 Å². The highest BCUT2D eigenvalue weighted by molar-refractivity contribution is 7.14. The Hall–Kier alpha value is -3.00. The maximum absolute atomic E-state index is 12.4. The Bertz CT molecular complexity index is 974. The summed E-state index contributed by atoms with van der Waals surface area (Å²) >= 11 is 1.11. The lowest BCUT2D eigenvalue weighted by atomic mass is 10.2. The molecule has 1 N–H and O–H groups in total. The Balaban J connectivity index is 1.85. The van der Waals surface area contributed by atoms with Gasteiger partial charge in [-0.2, -0.15) is 5.10 Å². The van der Waals surface area contributed by atoms with Gasteiger partial charge < -0.3 is 5.32 Å². The summed E-state index contributed by atoms with van der Waals surface area (Å²) in [4.78, 5) is 23.6. The zero-order chi connectivity index (χ0) is 18.1. The second kappa shape index (κ2) is 6.48. The van der Waals surface area contributed by atoms with E-state index in [1.165, 1.54) is 6.07 Å². The predicted octanol–water partition coefficient (Wildman–Crippen LogP) is 4.02. The van der Waals surface area contributed by atoms with Crippen molar-refractivity contribution in [2.24, 2.45) is 0 Å². The fourth-order valence-corrected chi connectivity index (χ4v) is 3.45. The SMILES string of the molecule is Cc1cc(C)n(-c2cccc(NC(=O)c3cc([N+](=O)[O-])c(C)s3)c2)n1. The average molecular weight is 356 g/mol. The molecule has 8 heteroatoms. The third kappa shape index (κ3) is 3.43. The number of nitrogens with one attached hydrogen (secondary N) is 1. The van der Waals surface area contributed by atoms with E-state index in [1.807, 2.05) is 38.1 Å². The molecule has 0 atom stereocenters. The van der Waals surface area contributed by atoms with Gasteiger partial charge in [0.1, 0.15) is 0 Å². The summed E-state index contributed by atoms with van der Waals surface area (Å²) in [7, 11) is 0. The van der Waals surface area contributed by atoms with Crippen molar-refractivity contribution in [1.29, 1.82) is 0 Å². The molecule has 0 radical (unpaired) electrons. The fourth-order valence-electron chi connectivity index (χ4n) is 2.56. The lowest BCUT2D eigenvalue weighted by molar-refractivity contribution is -0.385. The Morgan fingerprint density at radius 1 is 1.24 bits per heavy atom. The van der Waals surface area contributed by atoms with Crippen LogP contribution in [0, 0.1) is 30.9 Å². The van der Waals surface area contributed by atoms with Crippen molar-refractivity contribution in [3.8, 4) is 5.69 Å². The minimum Gasteiger partial charge on any atom is -0.321 e. The van der Waals surface area contributed by atoms with E-state index in [2.05, 4.69) is 10.4 Å². The Morgan fingerprint density at radius 2 is 2.00 bits per heavy atom. The lowest BCUT2D eigenvalue weighted by Crippen LogP contribution is -2.10. The van der Waals surface area contributed by atoms with Gasteiger partial charge in [-0.05, 0) is 45.0 Å². The molecule has 0 spiro atoms. The van der Waals surface area contributed by atoms with E-state index in [0.29, 0.717) is 15.4 Å². The monoisotopic (exact) mass is 356 g/mol. The van der Waals surface area contributed by atoms with E-state index < -0.39 is 4.92 Å². The molecule has 3 rings (SSSR count). The number of nitrogens with zero attached hydrogens (tertiary/aromatic N) is 3. The van der Waals surface area contributed by atoms with Gasteiger partial charge in [-0.15, -0.1) is 11.3 Å². The van der Waals surface area contributed by atoms with E-state index in [9.17, 15) is 14.9 Å². The van der Waals surface area contributed by atoms with Gasteiger partial charge in [0.05, 0.1) is 26.1 Å². The molecule has 0 saturated carbocycles. The second-order valence-electron chi connectivity index (χ2n) is 5.65. The van der Waals surface area contributed by atoms with Crippen LogP contribution in [-0.4, -0.2) is 20.6 Å². The van der Waals surface area contributed by atoms with Crippen LogP contribution in [0.1, 0.15) is 25.9 Å². The maximum Gasteiger partial charge on any atom is 0.283 e. The first kappa shape index (κ1) is 16.8. The van der Waals surface area contributed by atoms with Gasteiger partial charge in [0.25, 0.3) is 11.6 Å². The summed E-state index contributed by atoms with van der Waals surface area (Å²) in [6, 6.07) is 10.6. The van der Waals surface area contributed by atoms with Crippen LogP contribution in [-0.2, 0) is 0 Å². The zero-order valence-corrected chi connectivity index (χ0v) is 14.8. The van der Waals surface area contributed by atoms with Crippen LogP contribution in [0.15, 0.2) is 36.4 Å². The molecule has 0 aliphatic rings. The van der Waals surface area contributed by atoms with E-state index in [1.54, 1.807) is 17.7 Å². The number of aromatic nitrogens is 2. The number of hydrogen-bond acceptors (Lipinski definition) is 5. The van der Waals surface area contributed by atoms with Gasteiger partial charge in [0, 0.05) is 17.4 Å². The highest BCUT2D eigenvalue weighted by Gasteiger charge is 2.19. The third-order valence-corrected chi connectivity index (χ3v) is 4.71. The fraction of sp³-hybridized carbons (Fsp3) is 0.176. The van der Waals surface area contributed by atoms with E-state index in [4.69, 9.17) is 0 Å². The number of thiophene rings is 1. The number of benzene rings is 1. The molecule has 0 fully saturated rings. The number of amides is 1. The Morgan fingerprint density at radius 3 is 2.60 bits per heavy atom. The van der Waals surface area contributed by atoms with E-state index in [0.717, 1.165) is 28.4 Å². The molecule has 128 valence electrons. The molecule has 2 heterocycles. The summed E-state index contributed by atoms with van der Waals surface area (Å²) in [6.07, 6.45) is 0. The van der Waals surface area contributed by atoms with Crippen LogP contribution in [0.4, 0.5) is 11.4 Å². The molecular weight excluding hydrogens is 340 g/mol. The molecule has 1 amide bonds. The van der Waals surface area contributed by atoms with Crippen molar-refractivity contribution in [3.05, 3.63) is 67.7 Å². The molecule has 3 aromatic rings. The van der Waals surface area contributed by atoms with Crippen LogP contribution in [0.25, 0.3) is 5.69 Å². The maximum atomic E-state index is 12.4. The molecule has 7 nitrogen and oxygen atoms in total. The topological polar surface area (TPSA) is 90.1 Å². The van der Waals surface area contributed by atoms with Gasteiger partial charge in [0.2, 0.25) is 0 Å². The number of carbonyl (C=O) groups is 1. The Kier molecular flexibility index (Phi) is 4.37. The van der Waals surface area contributed by atoms with Crippen LogP contribution >= 0.6 is 11.3 Å². The molecule has 0 aliphatic heterocycles. The third-order valence-electron chi connectivity index (χ3n) is 3.67. The summed E-state index contributed by atoms with van der Waals surface area (Å²) in [5, 5.41) is 18.1. The first-order valence-electron chi connectivity index (χ1n) is 7.55. The minimum atomic E-state index is -0.480. The van der Waals surface area contributed by atoms with Crippen molar-refractivity contribution in [1.82, 2.24) is 9.78 Å². The number of rotatable bonds is 4. The molecule has 0 aliphatic carbocycles. The van der Waals surface area contributed by atoms with Gasteiger partial charge >= 0.3 is 0 Å². The van der Waals surface area contributed by atoms with E-state index >= 15 is 0 Å². The number of carbonyl (C=O) groups excluding carboxylic acids is 1. The highest BCUT2D eigenvalue weighted by atomic mass is 32.1. The Labute approximate surface area is 148 Å². The number of aryl methyl sites for hydroxylation is 3. The first-order chi connectivity index (χ1) is 11.8. The second-order valence-corrected chi connectivity index (χ2v) is 6.91. The zero-order valence-electron chi connectivity index (χ0n) is 13.9. The van der Waals surface area contributed by atoms with Crippen molar-refractivity contribution in [2.45, 2.75) is 20.8 Å². The predicted molar refractivity (Wildman–Crippen MR) is 96.7 cm³/mol. The number of nitro groups is 1. The smallest absolute Gasteiger partial charge is 0.283 e. The summed E-state index contributed by atoms with van der Waals surface area (Å²) in [6.45, 7) is 5.50. The molecule has 1 aromatic carbocycles. The van der Waals surface area contributed by atoms with Gasteiger partial charge in [-0.3, -0.25) is 14.9 Å². The standard InChI is InChI=1S/C17H16N4O3S/c1-10-7-11(2)20(19-10)14-6-4-5-13(8-14)18-17(22)16-9-15(21(23)24)12(3)25-16/h4-9H,1-3H3,(H,18,22). The minimum absolute atomic E-state index is 0.0356. The average Bonchev–Trinajstić information content (AvgIpc) is 3.10. The van der Waals surface area contributed by atoms with Gasteiger partial charge in [0.15, 0.2) is 0 Å². The summed E-state index contributed by atoms with van der Waals surface area (Å²) < 4.78 is 1.80. The molecule has 0 bridgehead atoms. The lowest BCUT2D eigenvalue weighted by Gasteiger charge is -2.08. The summed E-state index contributed by atoms with van der Waals surface area (Å²) in [5.74, 6) is -0.369. The highest BCUT2D eigenvalue weighted by Crippen LogP contribution is 2.28. The van der Waals surface area contributed by atoms with Crippen LogP contribution in [0.3, 0.4) is 0 Å². The quantitative estimate of drug-likeness (QED) is 0.565. The molecule has 25 heavy (non-hydrogen) atoms. The number of anilines is 1. The van der Waals surface area contributed by atoms with Crippen LogP contribution in [0.2, 0.25) is 0 Å². The van der Waals surface area contributed by atoms with Crippen molar-refractivity contribution in [2.75, 3.05) is 5.32 Å². The molecular formula is C17H16N4O3S. The van der Waals surface area contributed by atoms with Crippen molar-refractivity contribution < 1.29 is 9.72 Å². The largest absolute Gasteiger partial charge is 0.321 e. The van der Waals surface area contributed by atoms with E-state index in [-0.39, 0.29) is 11.6 Å². The summed E-state index contributed by atoms with van der Waals surface area (Å²) in [5.41, 5.74) is 3.30. The molecule has 0 saturated heterocycles. The molecule has 2 aromatic heterocycles. The van der Waals surface area contributed by atoms with Crippen molar-refractivity contribution >= 4 is 28.6 Å². The first-order valence-corrected chi connectivity index (χ1v) is 8.36. The van der Waals surface area contributed by atoms with Crippen LogP contribution < -0.4 is 5.32 Å². The number of hydrogen-bond donors (Lipinski definition) is 1. The van der Waals surface area contributed by atoms with Gasteiger partial charge in [-0.25, -0.2) is 4.68 Å². The van der Waals surface area contributed by atoms with Crippen LogP contribution in [0.5, 0.6) is 0 Å². The van der Waals surface area contributed by atoms with Gasteiger partial charge in [-0.1, -0.05) is 6.07 Å². The normalized spacial score (nSPS) is 10.7. The molecule has 0 unspecified atom stereocenters.